The molecule has 0 amide bonds. The normalized spacial score (nSPS) is 10.2. The van der Waals surface area contributed by atoms with Crippen LogP contribution in [0.3, 0.4) is 0 Å². The Hall–Kier alpha value is -1.53. The van der Waals surface area contributed by atoms with Gasteiger partial charge in [-0.05, 0) is 17.8 Å². The molecule has 0 atom stereocenters. The first-order valence-corrected chi connectivity index (χ1v) is 5.78. The van der Waals surface area contributed by atoms with Crippen molar-refractivity contribution in [1.82, 2.24) is 4.98 Å². The lowest BCUT2D eigenvalue weighted by Crippen LogP contribution is -1.90. The Morgan fingerprint density at radius 3 is 2.94 bits per heavy atom. The molecule has 16 heavy (non-hydrogen) atoms. The second-order valence-corrected chi connectivity index (χ2v) is 5.05. The first-order chi connectivity index (χ1) is 7.65. The Bertz CT molecular complexity index is 574. The van der Waals surface area contributed by atoms with E-state index in [2.05, 4.69) is 4.98 Å². The van der Waals surface area contributed by atoms with Crippen LogP contribution in [-0.4, -0.2) is 9.91 Å². The molecule has 6 heteroatoms. The third-order valence-electron chi connectivity index (χ3n) is 2.07. The number of non-ortho nitro benzene ring substituents is 1. The summed E-state index contributed by atoms with van der Waals surface area (Å²) in [5.41, 5.74) is 1.04. The number of benzene rings is 1. The number of rotatable bonds is 3. The summed E-state index contributed by atoms with van der Waals surface area (Å²) in [6, 6.07) is 6.64. The van der Waals surface area contributed by atoms with Gasteiger partial charge in [-0.3, -0.25) is 10.1 Å². The molecule has 1 N–H and O–H groups in total. The van der Waals surface area contributed by atoms with E-state index in [0.717, 1.165) is 14.4 Å². The topological polar surface area (TPSA) is 58.9 Å². The fraction of sp³-hybridized carbons (Fsp3) is 0.100. The van der Waals surface area contributed by atoms with Gasteiger partial charge in [0.15, 0.2) is 3.95 Å². The van der Waals surface area contributed by atoms with E-state index in [9.17, 15) is 10.1 Å². The lowest BCUT2D eigenvalue weighted by molar-refractivity contribution is -0.384. The fourth-order valence-electron chi connectivity index (χ4n) is 1.39. The molecular weight excluding hydrogens is 244 g/mol. The molecule has 0 spiro atoms. The van der Waals surface area contributed by atoms with Crippen LogP contribution in [0.15, 0.2) is 30.5 Å². The first kappa shape index (κ1) is 11.0. The van der Waals surface area contributed by atoms with Gasteiger partial charge in [0.2, 0.25) is 0 Å². The summed E-state index contributed by atoms with van der Waals surface area (Å²) < 4.78 is 0.723. The molecule has 0 bridgehead atoms. The highest BCUT2D eigenvalue weighted by molar-refractivity contribution is 7.73. The number of thiazole rings is 1. The summed E-state index contributed by atoms with van der Waals surface area (Å²) in [6.07, 6.45) is 2.51. The average Bonchev–Trinajstić information content (AvgIpc) is 2.64. The average molecular weight is 252 g/mol. The maximum Gasteiger partial charge on any atom is 0.269 e. The highest BCUT2D eigenvalue weighted by atomic mass is 32.1. The highest BCUT2D eigenvalue weighted by Gasteiger charge is 2.06. The molecule has 1 aromatic carbocycles. The number of nitro benzene ring substituents is 1. The van der Waals surface area contributed by atoms with Gasteiger partial charge in [0.05, 0.1) is 4.92 Å². The first-order valence-electron chi connectivity index (χ1n) is 4.56. The van der Waals surface area contributed by atoms with Crippen LogP contribution in [0.25, 0.3) is 0 Å². The Morgan fingerprint density at radius 2 is 2.31 bits per heavy atom. The summed E-state index contributed by atoms with van der Waals surface area (Å²) in [5, 5.41) is 10.6. The monoisotopic (exact) mass is 252 g/mol. The van der Waals surface area contributed by atoms with E-state index in [4.69, 9.17) is 12.2 Å². The zero-order valence-electron chi connectivity index (χ0n) is 8.17. The van der Waals surface area contributed by atoms with E-state index >= 15 is 0 Å². The summed E-state index contributed by atoms with van der Waals surface area (Å²) in [5.74, 6) is 0. The van der Waals surface area contributed by atoms with Crippen molar-refractivity contribution in [1.29, 1.82) is 0 Å². The van der Waals surface area contributed by atoms with Gasteiger partial charge >= 0.3 is 0 Å². The minimum absolute atomic E-state index is 0.122. The molecule has 2 rings (SSSR count). The molecule has 0 saturated carbocycles. The van der Waals surface area contributed by atoms with E-state index in [0.29, 0.717) is 6.42 Å². The van der Waals surface area contributed by atoms with Crippen LogP contribution in [0.4, 0.5) is 5.69 Å². The van der Waals surface area contributed by atoms with Gasteiger partial charge in [0, 0.05) is 29.6 Å². The third-order valence-corrected chi connectivity index (χ3v) is 3.27. The van der Waals surface area contributed by atoms with Gasteiger partial charge in [-0.15, -0.1) is 11.3 Å². The number of aromatic nitrogens is 1. The van der Waals surface area contributed by atoms with Crippen molar-refractivity contribution in [2.24, 2.45) is 0 Å². The molecule has 0 unspecified atom stereocenters. The van der Waals surface area contributed by atoms with E-state index in [1.54, 1.807) is 12.1 Å². The Kier molecular flexibility index (Phi) is 3.12. The van der Waals surface area contributed by atoms with Crippen molar-refractivity contribution in [3.05, 3.63) is 55.0 Å². The zero-order chi connectivity index (χ0) is 11.5. The van der Waals surface area contributed by atoms with E-state index in [1.807, 2.05) is 12.3 Å². The van der Waals surface area contributed by atoms with Crippen LogP contribution < -0.4 is 0 Å². The molecule has 0 aliphatic heterocycles. The van der Waals surface area contributed by atoms with E-state index in [1.165, 1.54) is 17.4 Å². The van der Waals surface area contributed by atoms with Gasteiger partial charge in [-0.1, -0.05) is 12.1 Å². The van der Waals surface area contributed by atoms with Gasteiger partial charge in [-0.25, -0.2) is 0 Å². The summed E-state index contributed by atoms with van der Waals surface area (Å²) in [4.78, 5) is 14.2. The number of nitro groups is 1. The maximum atomic E-state index is 10.6. The van der Waals surface area contributed by atoms with Crippen LogP contribution in [0, 0.1) is 14.1 Å². The SMILES string of the molecule is O=[N+]([O-])c1cccc(Cc2c[nH]c(=S)s2)c1. The van der Waals surface area contributed by atoms with Crippen LogP contribution in [0.1, 0.15) is 10.4 Å². The second-order valence-electron chi connectivity index (χ2n) is 3.25. The molecule has 1 aromatic heterocycles. The second kappa shape index (κ2) is 4.54. The molecule has 0 saturated heterocycles. The smallest absolute Gasteiger partial charge is 0.269 e. The van der Waals surface area contributed by atoms with Crippen molar-refractivity contribution in [3.63, 3.8) is 0 Å². The van der Waals surface area contributed by atoms with Crippen molar-refractivity contribution in [2.75, 3.05) is 0 Å². The molecule has 4 nitrogen and oxygen atoms in total. The van der Waals surface area contributed by atoms with Crippen molar-refractivity contribution in [2.45, 2.75) is 6.42 Å². The van der Waals surface area contributed by atoms with Crippen LogP contribution in [0.2, 0.25) is 0 Å². The molecule has 0 aliphatic rings. The number of nitrogens with one attached hydrogen (secondary N) is 1. The number of hydrogen-bond donors (Lipinski definition) is 1. The predicted octanol–water partition coefficient (Wildman–Crippen LogP) is 3.30. The Labute approximate surface area is 101 Å². The summed E-state index contributed by atoms with van der Waals surface area (Å²) in [6.45, 7) is 0. The molecular formula is C10H8N2O2S2. The number of nitrogens with zero attached hydrogens (tertiary/aromatic N) is 1. The Morgan fingerprint density at radius 1 is 1.50 bits per heavy atom. The molecule has 2 aromatic rings. The lowest BCUT2D eigenvalue weighted by atomic mass is 10.1. The largest absolute Gasteiger partial charge is 0.343 e. The van der Waals surface area contributed by atoms with Crippen molar-refractivity contribution >= 4 is 29.2 Å². The number of H-pyrrole nitrogens is 1. The molecule has 0 aliphatic carbocycles. The van der Waals surface area contributed by atoms with Gasteiger partial charge in [0.25, 0.3) is 5.69 Å². The maximum absolute atomic E-state index is 10.6. The van der Waals surface area contributed by atoms with Crippen molar-refractivity contribution in [3.8, 4) is 0 Å². The summed E-state index contributed by atoms with van der Waals surface area (Å²) in [7, 11) is 0. The van der Waals surface area contributed by atoms with Crippen molar-refractivity contribution < 1.29 is 4.92 Å². The minimum atomic E-state index is -0.386. The number of aromatic amines is 1. The van der Waals surface area contributed by atoms with Gasteiger partial charge < -0.3 is 4.98 Å². The Balaban J connectivity index is 2.25. The molecule has 82 valence electrons. The molecule has 0 fully saturated rings. The van der Waals surface area contributed by atoms with Gasteiger partial charge in [-0.2, -0.15) is 0 Å². The number of hydrogen-bond acceptors (Lipinski definition) is 4. The third kappa shape index (κ3) is 2.53. The van der Waals surface area contributed by atoms with E-state index < -0.39 is 0 Å². The predicted molar refractivity (Wildman–Crippen MR) is 65.4 cm³/mol. The van der Waals surface area contributed by atoms with Crippen LogP contribution >= 0.6 is 23.6 Å². The summed E-state index contributed by atoms with van der Waals surface area (Å²) >= 11 is 6.46. The quantitative estimate of drug-likeness (QED) is 0.518. The molecule has 1 heterocycles. The van der Waals surface area contributed by atoms with Crippen LogP contribution in [0.5, 0.6) is 0 Å². The molecule has 0 radical (unpaired) electrons. The highest BCUT2D eigenvalue weighted by Crippen LogP contribution is 2.18. The van der Waals surface area contributed by atoms with Crippen LogP contribution in [-0.2, 0) is 6.42 Å². The minimum Gasteiger partial charge on any atom is -0.343 e. The standard InChI is InChI=1S/C10H8N2O2S2/c13-12(14)8-3-1-2-7(4-8)5-9-6-11-10(15)16-9/h1-4,6H,5H2,(H,11,15). The van der Waals surface area contributed by atoms with Gasteiger partial charge in [0.1, 0.15) is 0 Å². The lowest BCUT2D eigenvalue weighted by Gasteiger charge is -1.97. The fourth-order valence-corrected chi connectivity index (χ4v) is 2.48. The zero-order valence-corrected chi connectivity index (χ0v) is 9.81. The van der Waals surface area contributed by atoms with E-state index in [-0.39, 0.29) is 10.6 Å².